The van der Waals surface area contributed by atoms with Crippen LogP contribution < -0.4 is 10.1 Å². The van der Waals surface area contributed by atoms with Gasteiger partial charge in [0.25, 0.3) is 0 Å². The van der Waals surface area contributed by atoms with Gasteiger partial charge in [0.15, 0.2) is 0 Å². The van der Waals surface area contributed by atoms with Crippen molar-refractivity contribution < 1.29 is 19.4 Å². The van der Waals surface area contributed by atoms with Crippen LogP contribution in [0, 0.1) is 5.92 Å². The summed E-state index contributed by atoms with van der Waals surface area (Å²) >= 11 is 0. The molecule has 1 heterocycles. The quantitative estimate of drug-likeness (QED) is 0.796. The fourth-order valence-electron chi connectivity index (χ4n) is 2.57. The number of ether oxygens (including phenoxy) is 1. The number of nitrogens with zero attached hydrogens (tertiary/aromatic N) is 1. The summed E-state index contributed by atoms with van der Waals surface area (Å²) < 4.78 is 5.72. The number of benzene rings is 1. The van der Waals surface area contributed by atoms with Crippen LogP contribution in [0.4, 0.5) is 0 Å². The Morgan fingerprint density at radius 2 is 2.26 bits per heavy atom. The topological polar surface area (TPSA) is 78.9 Å². The van der Waals surface area contributed by atoms with Crippen LogP contribution in [0.5, 0.6) is 5.75 Å². The zero-order chi connectivity index (χ0) is 16.8. The molecule has 126 valence electrons. The first kappa shape index (κ1) is 17.3. The van der Waals surface area contributed by atoms with Crippen molar-refractivity contribution in [2.45, 2.75) is 32.9 Å². The lowest BCUT2D eigenvalue weighted by Crippen LogP contribution is -2.55. The van der Waals surface area contributed by atoms with E-state index in [-0.39, 0.29) is 12.3 Å². The minimum atomic E-state index is -0.967. The number of carboxylic acids is 1. The second-order valence-electron chi connectivity index (χ2n) is 6.23. The van der Waals surface area contributed by atoms with E-state index in [9.17, 15) is 9.59 Å². The number of hydrogen-bond acceptors (Lipinski definition) is 4. The van der Waals surface area contributed by atoms with Gasteiger partial charge in [-0.1, -0.05) is 26.0 Å². The predicted octanol–water partition coefficient (Wildman–Crippen LogP) is 1.50. The van der Waals surface area contributed by atoms with Crippen molar-refractivity contribution in [2.24, 2.45) is 5.92 Å². The average Bonchev–Trinajstić information content (AvgIpc) is 2.49. The van der Waals surface area contributed by atoms with Crippen molar-refractivity contribution in [1.29, 1.82) is 0 Å². The molecule has 0 saturated carbocycles. The maximum absolute atomic E-state index is 11.9. The van der Waals surface area contributed by atoms with E-state index in [4.69, 9.17) is 9.84 Å². The molecule has 1 atom stereocenters. The number of amides is 1. The Hall–Kier alpha value is -2.08. The number of hydrogen-bond donors (Lipinski definition) is 2. The number of nitrogens with one attached hydrogen (secondary N) is 1. The van der Waals surface area contributed by atoms with Crippen LogP contribution in [-0.2, 0) is 16.1 Å². The van der Waals surface area contributed by atoms with Gasteiger partial charge >= 0.3 is 5.97 Å². The normalized spacial score (nSPS) is 18.7. The van der Waals surface area contributed by atoms with Crippen LogP contribution in [-0.4, -0.2) is 47.6 Å². The van der Waals surface area contributed by atoms with Crippen LogP contribution in [0.2, 0.25) is 0 Å². The molecule has 0 aliphatic carbocycles. The molecule has 1 unspecified atom stereocenters. The number of piperazine rings is 1. The Kier molecular flexibility index (Phi) is 5.98. The van der Waals surface area contributed by atoms with Gasteiger partial charge in [-0.05, 0) is 23.6 Å². The van der Waals surface area contributed by atoms with Crippen LogP contribution in [0.1, 0.15) is 25.8 Å². The summed E-state index contributed by atoms with van der Waals surface area (Å²) in [7, 11) is 0. The number of carbonyl (C=O) groups is 2. The standard InChI is InChI=1S/C17H24N2O4/c1-12(2)11-23-14-5-3-4-13(8-14)10-19-7-6-18-17(22)15(19)9-16(20)21/h3-5,8,12,15H,6-7,9-11H2,1-2H3,(H,18,22)(H,20,21). The van der Waals surface area contributed by atoms with Gasteiger partial charge in [0.05, 0.1) is 13.0 Å². The molecule has 6 heteroatoms. The van der Waals surface area contributed by atoms with Gasteiger partial charge in [-0.25, -0.2) is 0 Å². The van der Waals surface area contributed by atoms with Crippen LogP contribution in [0.3, 0.4) is 0 Å². The lowest BCUT2D eigenvalue weighted by Gasteiger charge is -2.34. The Morgan fingerprint density at radius 1 is 1.48 bits per heavy atom. The second kappa shape index (κ2) is 7.97. The van der Waals surface area contributed by atoms with Gasteiger partial charge in [0.1, 0.15) is 11.8 Å². The highest BCUT2D eigenvalue weighted by Crippen LogP contribution is 2.18. The number of carboxylic acid groups (broad SMARTS) is 1. The van der Waals surface area contributed by atoms with E-state index in [1.54, 1.807) is 0 Å². The molecule has 6 nitrogen and oxygen atoms in total. The summed E-state index contributed by atoms with van der Waals surface area (Å²) in [5, 5.41) is 11.7. The minimum absolute atomic E-state index is 0.185. The summed E-state index contributed by atoms with van der Waals surface area (Å²) in [4.78, 5) is 24.8. The van der Waals surface area contributed by atoms with Gasteiger partial charge in [0, 0.05) is 19.6 Å². The molecule has 1 aromatic carbocycles. The van der Waals surface area contributed by atoms with Crippen molar-refractivity contribution in [3.8, 4) is 5.75 Å². The zero-order valence-electron chi connectivity index (χ0n) is 13.6. The van der Waals surface area contributed by atoms with E-state index in [1.807, 2.05) is 29.2 Å². The first-order chi connectivity index (χ1) is 11.0. The van der Waals surface area contributed by atoms with E-state index in [0.717, 1.165) is 11.3 Å². The Labute approximate surface area is 136 Å². The first-order valence-corrected chi connectivity index (χ1v) is 7.91. The van der Waals surface area contributed by atoms with Gasteiger partial charge < -0.3 is 15.2 Å². The molecule has 0 radical (unpaired) electrons. The number of aliphatic carboxylic acids is 1. The third kappa shape index (κ3) is 5.25. The minimum Gasteiger partial charge on any atom is -0.493 e. The predicted molar refractivity (Wildman–Crippen MR) is 86.2 cm³/mol. The van der Waals surface area contributed by atoms with Crippen LogP contribution in [0.15, 0.2) is 24.3 Å². The van der Waals surface area contributed by atoms with Crippen LogP contribution in [0.25, 0.3) is 0 Å². The molecule has 0 aromatic heterocycles. The SMILES string of the molecule is CC(C)COc1cccc(CN2CCNC(=O)C2CC(=O)O)c1. The Balaban J connectivity index is 2.05. The molecule has 1 aliphatic rings. The van der Waals surface area contributed by atoms with Crippen LogP contribution >= 0.6 is 0 Å². The molecule has 2 rings (SSSR count). The molecule has 2 N–H and O–H groups in total. The van der Waals surface area contributed by atoms with E-state index >= 15 is 0 Å². The van der Waals surface area contributed by atoms with Crippen molar-refractivity contribution in [3.63, 3.8) is 0 Å². The average molecular weight is 320 g/mol. The van der Waals surface area contributed by atoms with E-state index < -0.39 is 12.0 Å². The Morgan fingerprint density at radius 3 is 2.96 bits per heavy atom. The maximum atomic E-state index is 11.9. The highest BCUT2D eigenvalue weighted by molar-refractivity contribution is 5.86. The maximum Gasteiger partial charge on any atom is 0.305 e. The summed E-state index contributed by atoms with van der Waals surface area (Å²) in [6.45, 7) is 6.54. The molecule has 23 heavy (non-hydrogen) atoms. The van der Waals surface area contributed by atoms with E-state index in [1.165, 1.54) is 0 Å². The molecule has 1 saturated heterocycles. The van der Waals surface area contributed by atoms with E-state index in [2.05, 4.69) is 19.2 Å². The van der Waals surface area contributed by atoms with Gasteiger partial charge in [-0.15, -0.1) is 0 Å². The summed E-state index contributed by atoms with van der Waals surface area (Å²) in [5.41, 5.74) is 1.01. The smallest absolute Gasteiger partial charge is 0.305 e. The van der Waals surface area contributed by atoms with Gasteiger partial charge in [-0.3, -0.25) is 14.5 Å². The molecule has 1 aliphatic heterocycles. The first-order valence-electron chi connectivity index (χ1n) is 7.91. The zero-order valence-corrected chi connectivity index (χ0v) is 13.6. The van der Waals surface area contributed by atoms with Crippen molar-refractivity contribution in [2.75, 3.05) is 19.7 Å². The molecule has 1 amide bonds. The monoisotopic (exact) mass is 320 g/mol. The third-order valence-electron chi connectivity index (χ3n) is 3.68. The highest BCUT2D eigenvalue weighted by Gasteiger charge is 2.31. The van der Waals surface area contributed by atoms with Gasteiger partial charge in [-0.2, -0.15) is 0 Å². The lowest BCUT2D eigenvalue weighted by atomic mass is 10.1. The number of rotatable bonds is 7. The summed E-state index contributed by atoms with van der Waals surface area (Å²) in [6, 6.07) is 7.12. The summed E-state index contributed by atoms with van der Waals surface area (Å²) in [6.07, 6.45) is -0.185. The second-order valence-corrected chi connectivity index (χ2v) is 6.23. The van der Waals surface area contributed by atoms with E-state index in [0.29, 0.717) is 32.2 Å². The molecular formula is C17H24N2O4. The third-order valence-corrected chi connectivity index (χ3v) is 3.68. The van der Waals surface area contributed by atoms with Crippen molar-refractivity contribution >= 4 is 11.9 Å². The number of carbonyl (C=O) groups excluding carboxylic acids is 1. The molecule has 0 bridgehead atoms. The Bertz CT molecular complexity index is 559. The van der Waals surface area contributed by atoms with Crippen molar-refractivity contribution in [1.82, 2.24) is 10.2 Å². The summed E-state index contributed by atoms with van der Waals surface area (Å²) in [5.74, 6) is 0.0637. The largest absolute Gasteiger partial charge is 0.493 e. The molecule has 1 aromatic rings. The van der Waals surface area contributed by atoms with Gasteiger partial charge in [0.2, 0.25) is 5.91 Å². The molecular weight excluding hydrogens is 296 g/mol. The fourth-order valence-corrected chi connectivity index (χ4v) is 2.57. The molecule has 1 fully saturated rings. The highest BCUT2D eigenvalue weighted by atomic mass is 16.5. The fraction of sp³-hybridized carbons (Fsp3) is 0.529. The lowest BCUT2D eigenvalue weighted by molar-refractivity contribution is -0.143. The molecule has 0 spiro atoms. The van der Waals surface area contributed by atoms with Crippen molar-refractivity contribution in [3.05, 3.63) is 29.8 Å².